The number of hydrogen-bond acceptors (Lipinski definition) is 5. The molecule has 1 atom stereocenters. The summed E-state index contributed by atoms with van der Waals surface area (Å²) in [5, 5.41) is 3.13. The number of nitrogens with zero attached hydrogens (tertiary/aromatic N) is 1. The first-order valence-electron chi connectivity index (χ1n) is 13.5. The molecule has 7 rings (SSSR count). The molecule has 3 aromatic carbocycles. The molecule has 1 spiro atoms. The molecule has 3 aliphatic heterocycles. The average Bonchev–Trinajstić information content (AvgIpc) is 3.64. The minimum absolute atomic E-state index is 0.0385. The number of hydrogen-bond donors (Lipinski definition) is 1. The highest BCUT2D eigenvalue weighted by Crippen LogP contribution is 2.55. The Bertz CT molecular complexity index is 1430. The lowest BCUT2D eigenvalue weighted by Crippen LogP contribution is -2.42. The Morgan fingerprint density at radius 3 is 2.58 bits per heavy atom. The zero-order valence-electron chi connectivity index (χ0n) is 21.2. The Hall–Kier alpha value is -4.00. The lowest BCUT2D eigenvalue weighted by Gasteiger charge is -2.23. The molecule has 7 heteroatoms. The van der Waals surface area contributed by atoms with Gasteiger partial charge in [-0.15, -0.1) is 0 Å². The Morgan fingerprint density at radius 1 is 0.895 bits per heavy atom. The van der Waals surface area contributed by atoms with Crippen LogP contribution in [0.1, 0.15) is 59.2 Å². The van der Waals surface area contributed by atoms with E-state index in [9.17, 15) is 9.59 Å². The lowest BCUT2D eigenvalue weighted by molar-refractivity contribution is -0.122. The van der Waals surface area contributed by atoms with Gasteiger partial charge in [0, 0.05) is 29.4 Å². The summed E-state index contributed by atoms with van der Waals surface area (Å²) in [6.07, 6.45) is 6.18. The maximum Gasteiger partial charge on any atom is 0.251 e. The van der Waals surface area contributed by atoms with Crippen LogP contribution in [0.15, 0.2) is 60.7 Å². The minimum atomic E-state index is -0.943. The number of fused-ring (bicyclic) bond motifs is 5. The number of para-hydroxylation sites is 1. The van der Waals surface area contributed by atoms with E-state index in [1.807, 2.05) is 65.6 Å². The number of carbonyl (C=O) groups is 2. The molecule has 0 aromatic heterocycles. The molecule has 0 bridgehead atoms. The fraction of sp³-hybridized carbons (Fsp3) is 0.355. The largest absolute Gasteiger partial charge is 0.491 e. The fourth-order valence-corrected chi connectivity index (χ4v) is 6.45. The van der Waals surface area contributed by atoms with Crippen molar-refractivity contribution in [1.29, 1.82) is 0 Å². The average molecular weight is 511 g/mol. The first-order chi connectivity index (χ1) is 18.6. The number of carbonyl (C=O) groups excluding carboxylic acids is 2. The Labute approximate surface area is 221 Å². The normalized spacial score (nSPS) is 21.4. The van der Waals surface area contributed by atoms with Gasteiger partial charge in [0.1, 0.15) is 17.8 Å². The molecule has 1 fully saturated rings. The standard InChI is InChI=1S/C31H30N2O5/c34-29(32-16-20-7-2-1-3-8-20)22-10-6-9-21(13-22)17-33-25-12-5-4-11-23(25)31(30(33)35)18-36-26-15-28-27(14-24(26)31)37-19-38-28/h4-6,9-15,20H,1-3,7-8,16-19H2,(H,32,34). The predicted molar refractivity (Wildman–Crippen MR) is 142 cm³/mol. The Morgan fingerprint density at radius 2 is 1.71 bits per heavy atom. The highest BCUT2D eigenvalue weighted by atomic mass is 16.7. The lowest BCUT2D eigenvalue weighted by atomic mass is 9.77. The summed E-state index contributed by atoms with van der Waals surface area (Å²) in [5.41, 5.74) is 3.16. The molecule has 194 valence electrons. The van der Waals surface area contributed by atoms with Gasteiger partial charge in [0.25, 0.3) is 5.91 Å². The van der Waals surface area contributed by atoms with Gasteiger partial charge in [0.15, 0.2) is 11.5 Å². The van der Waals surface area contributed by atoms with E-state index in [1.165, 1.54) is 32.1 Å². The van der Waals surface area contributed by atoms with Gasteiger partial charge in [-0.25, -0.2) is 0 Å². The molecule has 1 aliphatic carbocycles. The Kier molecular flexibility index (Phi) is 5.53. The van der Waals surface area contributed by atoms with Gasteiger partial charge in [-0.1, -0.05) is 49.6 Å². The second kappa shape index (κ2) is 9.08. The molecular formula is C31H30N2O5. The maximum atomic E-state index is 14.2. The third-order valence-corrected chi connectivity index (χ3v) is 8.45. The van der Waals surface area contributed by atoms with E-state index in [4.69, 9.17) is 14.2 Å². The summed E-state index contributed by atoms with van der Waals surface area (Å²) in [7, 11) is 0. The maximum absolute atomic E-state index is 14.2. The molecule has 3 aromatic rings. The van der Waals surface area contributed by atoms with Crippen molar-refractivity contribution in [2.75, 3.05) is 24.8 Å². The molecule has 3 heterocycles. The summed E-state index contributed by atoms with van der Waals surface area (Å²) >= 11 is 0. The third-order valence-electron chi connectivity index (χ3n) is 8.45. The van der Waals surface area contributed by atoms with Gasteiger partial charge in [0.05, 0.1) is 6.54 Å². The fourth-order valence-electron chi connectivity index (χ4n) is 6.45. The number of nitrogens with one attached hydrogen (secondary N) is 1. The monoisotopic (exact) mass is 510 g/mol. The van der Waals surface area contributed by atoms with Crippen LogP contribution in [0.25, 0.3) is 0 Å². The van der Waals surface area contributed by atoms with Crippen molar-refractivity contribution >= 4 is 17.5 Å². The number of ether oxygens (including phenoxy) is 3. The second-order valence-corrected chi connectivity index (χ2v) is 10.7. The van der Waals surface area contributed by atoms with E-state index in [0.29, 0.717) is 35.3 Å². The van der Waals surface area contributed by atoms with Crippen molar-refractivity contribution in [3.05, 3.63) is 82.9 Å². The van der Waals surface area contributed by atoms with Crippen LogP contribution >= 0.6 is 0 Å². The molecule has 2 amide bonds. The highest BCUT2D eigenvalue weighted by molar-refractivity contribution is 6.11. The summed E-state index contributed by atoms with van der Waals surface area (Å²) < 4.78 is 17.2. The van der Waals surface area contributed by atoms with Crippen LogP contribution < -0.4 is 24.4 Å². The molecule has 38 heavy (non-hydrogen) atoms. The molecule has 1 unspecified atom stereocenters. The van der Waals surface area contributed by atoms with Crippen LogP contribution in [0.4, 0.5) is 5.69 Å². The van der Waals surface area contributed by atoms with Crippen molar-refractivity contribution in [2.45, 2.75) is 44.1 Å². The van der Waals surface area contributed by atoms with Crippen molar-refractivity contribution in [1.82, 2.24) is 5.32 Å². The first kappa shape index (κ1) is 23.1. The molecule has 0 saturated heterocycles. The topological polar surface area (TPSA) is 77.1 Å². The third kappa shape index (κ3) is 3.63. The first-order valence-corrected chi connectivity index (χ1v) is 13.5. The number of amides is 2. The summed E-state index contributed by atoms with van der Waals surface area (Å²) in [4.78, 5) is 29.0. The van der Waals surface area contributed by atoms with Crippen molar-refractivity contribution in [2.24, 2.45) is 5.92 Å². The minimum Gasteiger partial charge on any atom is -0.491 e. The van der Waals surface area contributed by atoms with E-state index >= 15 is 0 Å². The zero-order chi connectivity index (χ0) is 25.7. The van der Waals surface area contributed by atoms with Gasteiger partial charge < -0.3 is 24.4 Å². The van der Waals surface area contributed by atoms with E-state index in [-0.39, 0.29) is 25.2 Å². The van der Waals surface area contributed by atoms with Gasteiger partial charge in [-0.2, -0.15) is 0 Å². The van der Waals surface area contributed by atoms with Gasteiger partial charge in [0.2, 0.25) is 12.7 Å². The second-order valence-electron chi connectivity index (χ2n) is 10.7. The zero-order valence-corrected chi connectivity index (χ0v) is 21.2. The predicted octanol–water partition coefficient (Wildman–Crippen LogP) is 4.95. The SMILES string of the molecule is O=C(NCC1CCCCC1)c1cccc(CN2C(=O)C3(COc4cc5c(cc43)OCO5)c3ccccc32)c1. The van der Waals surface area contributed by atoms with Gasteiger partial charge in [-0.3, -0.25) is 9.59 Å². The molecule has 7 nitrogen and oxygen atoms in total. The van der Waals surface area contributed by atoms with Gasteiger partial charge >= 0.3 is 0 Å². The van der Waals surface area contributed by atoms with Crippen LogP contribution in [0.5, 0.6) is 17.2 Å². The quantitative estimate of drug-likeness (QED) is 0.526. The van der Waals surface area contributed by atoms with Crippen LogP contribution in [-0.4, -0.2) is 31.8 Å². The van der Waals surface area contributed by atoms with Crippen molar-refractivity contribution < 1.29 is 23.8 Å². The highest BCUT2D eigenvalue weighted by Gasteiger charge is 2.57. The number of rotatable bonds is 5. The molecular weight excluding hydrogens is 480 g/mol. The molecule has 1 N–H and O–H groups in total. The smallest absolute Gasteiger partial charge is 0.251 e. The van der Waals surface area contributed by atoms with Crippen LogP contribution in [0.3, 0.4) is 0 Å². The van der Waals surface area contributed by atoms with E-state index < -0.39 is 5.41 Å². The van der Waals surface area contributed by atoms with Crippen LogP contribution in [-0.2, 0) is 16.8 Å². The molecule has 0 radical (unpaired) electrons. The summed E-state index contributed by atoms with van der Waals surface area (Å²) in [5.74, 6) is 2.38. The summed E-state index contributed by atoms with van der Waals surface area (Å²) in [6.45, 7) is 1.47. The van der Waals surface area contributed by atoms with Crippen molar-refractivity contribution in [3.63, 3.8) is 0 Å². The van der Waals surface area contributed by atoms with Crippen LogP contribution in [0.2, 0.25) is 0 Å². The van der Waals surface area contributed by atoms with Crippen LogP contribution in [0, 0.1) is 5.92 Å². The van der Waals surface area contributed by atoms with E-state index in [0.717, 1.165) is 28.9 Å². The van der Waals surface area contributed by atoms with Gasteiger partial charge in [-0.05, 0) is 54.2 Å². The van der Waals surface area contributed by atoms with E-state index in [2.05, 4.69) is 5.32 Å². The molecule has 4 aliphatic rings. The van der Waals surface area contributed by atoms with E-state index in [1.54, 1.807) is 0 Å². The molecule has 1 saturated carbocycles. The summed E-state index contributed by atoms with van der Waals surface area (Å²) in [6, 6.07) is 19.2. The Balaban J connectivity index is 1.16. The number of benzene rings is 3. The number of anilines is 1. The van der Waals surface area contributed by atoms with Crippen molar-refractivity contribution in [3.8, 4) is 17.2 Å².